The Morgan fingerprint density at radius 3 is 2.54 bits per heavy atom. The van der Waals surface area contributed by atoms with E-state index in [1.807, 2.05) is 22.7 Å². The predicted octanol–water partition coefficient (Wildman–Crippen LogP) is 3.99. The Hall–Kier alpha value is -0.600. The third-order valence-electron chi connectivity index (χ3n) is 1.96. The molecule has 1 radical (unpaired) electrons. The van der Waals surface area contributed by atoms with Gasteiger partial charge in [0, 0.05) is 15.7 Å². The number of thiophene rings is 2. The largest absolute Gasteiger partial charge is 0.149 e. The van der Waals surface area contributed by atoms with Crippen molar-refractivity contribution in [3.63, 3.8) is 0 Å². The Balaban J connectivity index is 2.04. The molecule has 2 aromatic rings. The van der Waals surface area contributed by atoms with E-state index < -0.39 is 0 Å². The van der Waals surface area contributed by atoms with Gasteiger partial charge in [0.05, 0.1) is 0 Å². The molecule has 2 heteroatoms. The molecule has 0 N–H and O–H groups in total. The molecule has 67 valence electrons. The summed E-state index contributed by atoms with van der Waals surface area (Å²) in [6, 6.07) is 8.61. The lowest BCUT2D eigenvalue weighted by atomic mass is 10.1. The van der Waals surface area contributed by atoms with E-state index in [4.69, 9.17) is 0 Å². The molecule has 0 aliphatic carbocycles. The molecule has 2 rings (SSSR count). The number of hydrogen-bond acceptors (Lipinski definition) is 2. The molecule has 0 aliphatic rings. The fourth-order valence-electron chi connectivity index (χ4n) is 1.28. The smallest absolute Gasteiger partial charge is 0.0172 e. The SMILES string of the molecule is C[C](Cc1cccs1)c1cccs1. The monoisotopic (exact) mass is 207 g/mol. The standard InChI is InChI=1S/C11H11S2/c1-9(11-5-3-7-13-11)8-10-4-2-6-12-10/h2-7H,8H2,1H3. The van der Waals surface area contributed by atoms with E-state index in [1.54, 1.807) is 0 Å². The maximum Gasteiger partial charge on any atom is 0.0172 e. The first kappa shape index (κ1) is 8.97. The molecule has 0 amide bonds. The van der Waals surface area contributed by atoms with Gasteiger partial charge in [0.15, 0.2) is 0 Å². The zero-order chi connectivity index (χ0) is 9.10. The second-order valence-electron chi connectivity index (χ2n) is 3.01. The summed E-state index contributed by atoms with van der Waals surface area (Å²) in [5.41, 5.74) is 0. The molecule has 0 spiro atoms. The van der Waals surface area contributed by atoms with Crippen molar-refractivity contribution in [2.24, 2.45) is 0 Å². The summed E-state index contributed by atoms with van der Waals surface area (Å²) >= 11 is 3.65. The van der Waals surface area contributed by atoms with Gasteiger partial charge >= 0.3 is 0 Å². The minimum Gasteiger partial charge on any atom is -0.149 e. The minimum absolute atomic E-state index is 1.10. The maximum atomic E-state index is 2.21. The second kappa shape index (κ2) is 4.07. The van der Waals surface area contributed by atoms with Crippen molar-refractivity contribution in [1.29, 1.82) is 0 Å². The van der Waals surface area contributed by atoms with Gasteiger partial charge in [-0.3, -0.25) is 0 Å². The third-order valence-corrected chi connectivity index (χ3v) is 3.87. The van der Waals surface area contributed by atoms with Crippen LogP contribution in [-0.4, -0.2) is 0 Å². The fourth-order valence-corrected chi connectivity index (χ4v) is 2.81. The number of hydrogen-bond donors (Lipinski definition) is 0. The molecule has 2 aromatic heterocycles. The van der Waals surface area contributed by atoms with Crippen LogP contribution in [0.25, 0.3) is 0 Å². The maximum absolute atomic E-state index is 2.21. The first-order chi connectivity index (χ1) is 6.36. The van der Waals surface area contributed by atoms with E-state index in [-0.39, 0.29) is 0 Å². The van der Waals surface area contributed by atoms with Gasteiger partial charge < -0.3 is 0 Å². The summed E-state index contributed by atoms with van der Waals surface area (Å²) in [5.74, 6) is 1.47. The Morgan fingerprint density at radius 1 is 1.15 bits per heavy atom. The van der Waals surface area contributed by atoms with Crippen LogP contribution in [0.15, 0.2) is 35.0 Å². The van der Waals surface area contributed by atoms with Gasteiger partial charge in [-0.15, -0.1) is 22.7 Å². The van der Waals surface area contributed by atoms with E-state index in [1.165, 1.54) is 15.7 Å². The summed E-state index contributed by atoms with van der Waals surface area (Å²) < 4.78 is 0. The molecule has 0 aliphatic heterocycles. The lowest BCUT2D eigenvalue weighted by molar-refractivity contribution is 1.03. The fraction of sp³-hybridized carbons (Fsp3) is 0.182. The van der Waals surface area contributed by atoms with Crippen molar-refractivity contribution >= 4 is 22.7 Å². The zero-order valence-corrected chi connectivity index (χ0v) is 9.12. The van der Waals surface area contributed by atoms with E-state index in [0.29, 0.717) is 0 Å². The highest BCUT2D eigenvalue weighted by atomic mass is 32.1. The lowest BCUT2D eigenvalue weighted by Crippen LogP contribution is -1.94. The molecule has 0 nitrogen and oxygen atoms in total. The Kier molecular flexibility index (Phi) is 2.81. The summed E-state index contributed by atoms with van der Waals surface area (Å²) in [5, 5.41) is 4.27. The Labute approximate surface area is 86.9 Å². The zero-order valence-electron chi connectivity index (χ0n) is 7.49. The van der Waals surface area contributed by atoms with Crippen LogP contribution in [0, 0.1) is 5.92 Å². The lowest BCUT2D eigenvalue weighted by Gasteiger charge is -2.05. The molecule has 0 unspecified atom stereocenters. The van der Waals surface area contributed by atoms with Crippen LogP contribution in [-0.2, 0) is 6.42 Å². The molecule has 0 saturated carbocycles. The van der Waals surface area contributed by atoms with E-state index in [0.717, 1.165) is 6.42 Å². The summed E-state index contributed by atoms with van der Waals surface area (Å²) in [4.78, 5) is 2.86. The quantitative estimate of drug-likeness (QED) is 0.713. The minimum atomic E-state index is 1.10. The summed E-state index contributed by atoms with van der Waals surface area (Å²) in [6.07, 6.45) is 1.10. The Morgan fingerprint density at radius 2 is 1.92 bits per heavy atom. The second-order valence-corrected chi connectivity index (χ2v) is 4.99. The van der Waals surface area contributed by atoms with Crippen molar-refractivity contribution < 1.29 is 0 Å². The molecule has 0 aromatic carbocycles. The van der Waals surface area contributed by atoms with Crippen LogP contribution in [0.1, 0.15) is 16.7 Å². The summed E-state index contributed by atoms with van der Waals surface area (Å²) in [6.45, 7) is 2.21. The number of rotatable bonds is 3. The molecule has 0 saturated heterocycles. The van der Waals surface area contributed by atoms with Crippen molar-refractivity contribution in [2.45, 2.75) is 13.3 Å². The van der Waals surface area contributed by atoms with Gasteiger partial charge in [-0.25, -0.2) is 0 Å². The predicted molar refractivity (Wildman–Crippen MR) is 60.4 cm³/mol. The molecular formula is C11H11S2. The van der Waals surface area contributed by atoms with E-state index >= 15 is 0 Å². The first-order valence-corrected chi connectivity index (χ1v) is 6.01. The highest BCUT2D eigenvalue weighted by molar-refractivity contribution is 7.10. The average Bonchev–Trinajstić information content (AvgIpc) is 2.74. The third kappa shape index (κ3) is 2.20. The molecule has 2 heterocycles. The highest BCUT2D eigenvalue weighted by Crippen LogP contribution is 2.25. The van der Waals surface area contributed by atoms with E-state index in [2.05, 4.69) is 41.9 Å². The molecule has 13 heavy (non-hydrogen) atoms. The van der Waals surface area contributed by atoms with Gasteiger partial charge in [0.2, 0.25) is 0 Å². The van der Waals surface area contributed by atoms with Gasteiger partial charge in [-0.05, 0) is 29.3 Å². The van der Waals surface area contributed by atoms with Gasteiger partial charge in [0.1, 0.15) is 0 Å². The van der Waals surface area contributed by atoms with E-state index in [9.17, 15) is 0 Å². The molecule has 0 atom stereocenters. The Bertz CT molecular complexity index is 332. The van der Waals surface area contributed by atoms with Crippen LogP contribution >= 0.6 is 22.7 Å². The molecular weight excluding hydrogens is 196 g/mol. The molecule has 0 fully saturated rings. The van der Waals surface area contributed by atoms with Crippen molar-refractivity contribution in [1.82, 2.24) is 0 Å². The topological polar surface area (TPSA) is 0 Å². The van der Waals surface area contributed by atoms with Gasteiger partial charge in [0.25, 0.3) is 0 Å². The summed E-state index contributed by atoms with van der Waals surface area (Å²) in [7, 11) is 0. The van der Waals surface area contributed by atoms with Crippen molar-refractivity contribution in [2.75, 3.05) is 0 Å². The van der Waals surface area contributed by atoms with Crippen LogP contribution in [0.4, 0.5) is 0 Å². The van der Waals surface area contributed by atoms with Crippen LogP contribution in [0.2, 0.25) is 0 Å². The van der Waals surface area contributed by atoms with Crippen LogP contribution < -0.4 is 0 Å². The van der Waals surface area contributed by atoms with Crippen molar-refractivity contribution in [3.05, 3.63) is 50.7 Å². The van der Waals surface area contributed by atoms with Gasteiger partial charge in [-0.1, -0.05) is 19.1 Å². The first-order valence-electron chi connectivity index (χ1n) is 4.25. The highest BCUT2D eigenvalue weighted by Gasteiger charge is 2.08. The van der Waals surface area contributed by atoms with Crippen molar-refractivity contribution in [3.8, 4) is 0 Å². The van der Waals surface area contributed by atoms with Gasteiger partial charge in [-0.2, -0.15) is 0 Å². The van der Waals surface area contributed by atoms with Crippen LogP contribution in [0.5, 0.6) is 0 Å². The normalized spacial score (nSPS) is 10.9. The molecule has 0 bridgehead atoms. The average molecular weight is 207 g/mol. The van der Waals surface area contributed by atoms with Crippen LogP contribution in [0.3, 0.4) is 0 Å².